The Morgan fingerprint density at radius 2 is 1.96 bits per heavy atom. The Balaban J connectivity index is 1.95. The lowest BCUT2D eigenvalue weighted by molar-refractivity contribution is -0.385. The molecule has 140 valence electrons. The first kappa shape index (κ1) is 19.6. The number of nitro benzene ring substituents is 1. The highest BCUT2D eigenvalue weighted by Gasteiger charge is 2.16. The molecule has 0 aliphatic heterocycles. The van der Waals surface area contributed by atoms with Gasteiger partial charge in [0.2, 0.25) is 0 Å². The number of rotatable bonds is 7. The van der Waals surface area contributed by atoms with Crippen LogP contribution in [-0.4, -0.2) is 29.6 Å². The molecule has 0 saturated carbocycles. The summed E-state index contributed by atoms with van der Waals surface area (Å²) in [5, 5.41) is 14.8. The average Bonchev–Trinajstić information content (AvgIpc) is 2.61. The molecule has 0 fully saturated rings. The van der Waals surface area contributed by atoms with E-state index >= 15 is 0 Å². The molecule has 0 bridgehead atoms. The van der Waals surface area contributed by atoms with Crippen LogP contribution in [0.1, 0.15) is 18.1 Å². The summed E-state index contributed by atoms with van der Waals surface area (Å²) in [6, 6.07) is 11.1. The zero-order chi connectivity index (χ0) is 19.8. The number of aryl methyl sites for hydroxylation is 1. The van der Waals surface area contributed by atoms with Gasteiger partial charge in [0, 0.05) is 18.6 Å². The highest BCUT2D eigenvalue weighted by Crippen LogP contribution is 2.27. The summed E-state index contributed by atoms with van der Waals surface area (Å²) < 4.78 is 10.2. The monoisotopic (exact) mass is 371 g/mol. The number of nitro groups is 1. The van der Waals surface area contributed by atoms with Crippen LogP contribution in [0.15, 0.2) is 47.6 Å². The molecule has 0 unspecified atom stereocenters. The quantitative estimate of drug-likeness (QED) is 0.262. The molecule has 27 heavy (non-hydrogen) atoms. The van der Waals surface area contributed by atoms with Crippen molar-refractivity contribution < 1.29 is 24.0 Å². The molecule has 0 heterocycles. The third kappa shape index (κ3) is 5.92. The number of benzene rings is 2. The maximum Gasteiger partial charge on any atom is 0.311 e. The second kappa shape index (κ2) is 9.09. The van der Waals surface area contributed by atoms with E-state index in [9.17, 15) is 19.7 Å². The number of ether oxygens (including phenoxy) is 2. The molecule has 0 saturated heterocycles. The summed E-state index contributed by atoms with van der Waals surface area (Å²) >= 11 is 0. The zero-order valence-electron chi connectivity index (χ0n) is 14.7. The van der Waals surface area contributed by atoms with Crippen molar-refractivity contribution in [3.63, 3.8) is 0 Å². The van der Waals surface area contributed by atoms with E-state index in [1.807, 2.05) is 0 Å². The van der Waals surface area contributed by atoms with Crippen molar-refractivity contribution >= 4 is 23.8 Å². The van der Waals surface area contributed by atoms with Crippen LogP contribution in [0.3, 0.4) is 0 Å². The highest BCUT2D eigenvalue weighted by atomic mass is 16.6. The van der Waals surface area contributed by atoms with E-state index in [4.69, 9.17) is 9.47 Å². The lowest BCUT2D eigenvalue weighted by Gasteiger charge is -2.07. The van der Waals surface area contributed by atoms with E-state index in [1.165, 1.54) is 25.3 Å². The molecule has 9 nitrogen and oxygen atoms in total. The molecule has 2 aromatic rings. The highest BCUT2D eigenvalue weighted by molar-refractivity contribution is 5.86. The molecule has 0 aromatic heterocycles. The Kier molecular flexibility index (Phi) is 6.59. The number of nitrogens with one attached hydrogen (secondary N) is 1. The normalized spacial score (nSPS) is 10.4. The van der Waals surface area contributed by atoms with Crippen LogP contribution in [0, 0.1) is 17.0 Å². The van der Waals surface area contributed by atoms with Gasteiger partial charge in [0.05, 0.1) is 11.1 Å². The number of carbonyl (C=O) groups is 2. The predicted molar refractivity (Wildman–Crippen MR) is 96.8 cm³/mol. The number of hydrazone groups is 1. The molecule has 2 aromatic carbocycles. The van der Waals surface area contributed by atoms with Gasteiger partial charge in [-0.2, -0.15) is 5.10 Å². The number of para-hydroxylation sites is 1. The second-order valence-corrected chi connectivity index (χ2v) is 5.44. The molecular weight excluding hydrogens is 354 g/mol. The van der Waals surface area contributed by atoms with Gasteiger partial charge in [-0.3, -0.25) is 19.7 Å². The van der Waals surface area contributed by atoms with E-state index in [-0.39, 0.29) is 11.4 Å². The second-order valence-electron chi connectivity index (χ2n) is 5.44. The maximum absolute atomic E-state index is 11.8. The molecule has 0 radical (unpaired) electrons. The number of hydrogen-bond acceptors (Lipinski definition) is 7. The third-order valence-corrected chi connectivity index (χ3v) is 3.24. The summed E-state index contributed by atoms with van der Waals surface area (Å²) in [5.41, 5.74) is 3.21. The van der Waals surface area contributed by atoms with Crippen molar-refractivity contribution in [2.75, 3.05) is 6.61 Å². The van der Waals surface area contributed by atoms with Crippen LogP contribution in [0.5, 0.6) is 11.5 Å². The lowest BCUT2D eigenvalue weighted by atomic mass is 10.2. The van der Waals surface area contributed by atoms with Crippen LogP contribution in [0.2, 0.25) is 0 Å². The molecule has 0 atom stereocenters. The molecule has 9 heteroatoms. The summed E-state index contributed by atoms with van der Waals surface area (Å²) in [6.07, 6.45) is 1.31. The average molecular weight is 371 g/mol. The first-order valence-electron chi connectivity index (χ1n) is 7.84. The predicted octanol–water partition coefficient (Wildman–Crippen LogP) is 2.36. The Hall–Kier alpha value is -3.75. The molecule has 1 N–H and O–H groups in total. The van der Waals surface area contributed by atoms with E-state index in [2.05, 4.69) is 10.5 Å². The fourth-order valence-corrected chi connectivity index (χ4v) is 2.08. The number of carbonyl (C=O) groups excluding carboxylic acids is 2. The molecule has 0 aliphatic carbocycles. The van der Waals surface area contributed by atoms with Gasteiger partial charge in [-0.25, -0.2) is 5.43 Å². The largest absolute Gasteiger partial charge is 0.477 e. The Labute approximate surface area is 154 Å². The zero-order valence-corrected chi connectivity index (χ0v) is 14.7. The number of hydrogen-bond donors (Lipinski definition) is 1. The van der Waals surface area contributed by atoms with Gasteiger partial charge in [0.25, 0.3) is 5.91 Å². The molecule has 2 rings (SSSR count). The molecular formula is C18H17N3O6. The van der Waals surface area contributed by atoms with E-state index in [0.29, 0.717) is 16.9 Å². The van der Waals surface area contributed by atoms with Crippen molar-refractivity contribution in [1.29, 1.82) is 0 Å². The number of amides is 1. The summed E-state index contributed by atoms with van der Waals surface area (Å²) in [5.74, 6) is -0.793. The summed E-state index contributed by atoms with van der Waals surface area (Å²) in [7, 11) is 0. The molecule has 0 aliphatic rings. The topological polar surface area (TPSA) is 120 Å². The van der Waals surface area contributed by atoms with Crippen molar-refractivity contribution in [1.82, 2.24) is 5.43 Å². The molecule has 1 amide bonds. The fourth-order valence-electron chi connectivity index (χ4n) is 2.08. The van der Waals surface area contributed by atoms with E-state index < -0.39 is 23.4 Å². The fraction of sp³-hybridized carbons (Fsp3) is 0.167. The minimum Gasteiger partial charge on any atom is -0.477 e. The maximum atomic E-state index is 11.8. The number of nitrogens with zero attached hydrogens (tertiary/aromatic N) is 2. The van der Waals surface area contributed by atoms with Gasteiger partial charge < -0.3 is 9.47 Å². The first-order chi connectivity index (χ1) is 12.9. The van der Waals surface area contributed by atoms with Crippen molar-refractivity contribution in [2.45, 2.75) is 13.8 Å². The lowest BCUT2D eigenvalue weighted by Crippen LogP contribution is -2.24. The Morgan fingerprint density at radius 1 is 1.22 bits per heavy atom. The summed E-state index contributed by atoms with van der Waals surface area (Å²) in [4.78, 5) is 33.3. The van der Waals surface area contributed by atoms with Crippen LogP contribution in [0.25, 0.3) is 0 Å². The summed E-state index contributed by atoms with van der Waals surface area (Å²) in [6.45, 7) is 2.54. The van der Waals surface area contributed by atoms with Crippen LogP contribution >= 0.6 is 0 Å². The minimum absolute atomic E-state index is 0.00932. The van der Waals surface area contributed by atoms with Crippen LogP contribution < -0.4 is 14.9 Å². The Bertz CT molecular complexity index is 894. The first-order valence-corrected chi connectivity index (χ1v) is 7.84. The van der Waals surface area contributed by atoms with Gasteiger partial charge in [0.15, 0.2) is 12.4 Å². The minimum atomic E-state index is -0.605. The van der Waals surface area contributed by atoms with Crippen molar-refractivity contribution in [3.8, 4) is 11.5 Å². The third-order valence-electron chi connectivity index (χ3n) is 3.24. The van der Waals surface area contributed by atoms with E-state index in [1.54, 1.807) is 37.3 Å². The van der Waals surface area contributed by atoms with Gasteiger partial charge in [-0.15, -0.1) is 0 Å². The van der Waals surface area contributed by atoms with Gasteiger partial charge in [-0.1, -0.05) is 18.2 Å². The van der Waals surface area contributed by atoms with E-state index in [0.717, 1.165) is 0 Å². The van der Waals surface area contributed by atoms with Crippen molar-refractivity contribution in [2.24, 2.45) is 5.10 Å². The standard InChI is InChI=1S/C18H17N3O6/c1-12-7-8-17(15(9-12)21(24)25)26-11-18(23)20-19-10-14-5-3-4-6-16(14)27-13(2)22/h3-10H,11H2,1-2H3,(H,20,23)/b19-10-. The van der Waals surface area contributed by atoms with Crippen LogP contribution in [-0.2, 0) is 9.59 Å². The van der Waals surface area contributed by atoms with Gasteiger partial charge in [0.1, 0.15) is 5.75 Å². The van der Waals surface area contributed by atoms with Gasteiger partial charge >= 0.3 is 11.7 Å². The van der Waals surface area contributed by atoms with Crippen LogP contribution in [0.4, 0.5) is 5.69 Å². The smallest absolute Gasteiger partial charge is 0.311 e. The number of esters is 1. The SMILES string of the molecule is CC(=O)Oc1ccccc1/C=N\NC(=O)COc1ccc(C)cc1[N+](=O)[O-]. The van der Waals surface area contributed by atoms with Crippen molar-refractivity contribution in [3.05, 3.63) is 63.7 Å². The molecule has 0 spiro atoms. The van der Waals surface area contributed by atoms with Gasteiger partial charge in [-0.05, 0) is 30.7 Å². The Morgan fingerprint density at radius 3 is 2.67 bits per heavy atom.